The van der Waals surface area contributed by atoms with Crippen LogP contribution in [0.1, 0.15) is 23.6 Å². The lowest BCUT2D eigenvalue weighted by Gasteiger charge is -2.36. The Labute approximate surface area is 201 Å². The van der Waals surface area contributed by atoms with Gasteiger partial charge in [-0.3, -0.25) is 4.79 Å². The minimum Gasteiger partial charge on any atom is -0.497 e. The zero-order valence-corrected chi connectivity index (χ0v) is 20.5. The fraction of sp³-hybridized carbons (Fsp3) is 0.370. The number of ether oxygens (including phenoxy) is 2. The largest absolute Gasteiger partial charge is 0.497 e. The van der Waals surface area contributed by atoms with Crippen LogP contribution < -0.4 is 14.4 Å². The predicted octanol–water partition coefficient (Wildman–Crippen LogP) is 4.19. The van der Waals surface area contributed by atoms with Crippen LogP contribution in [-0.4, -0.2) is 60.4 Å². The molecule has 1 unspecified atom stereocenters. The first-order valence-electron chi connectivity index (χ1n) is 11.6. The Morgan fingerprint density at radius 3 is 2.12 bits per heavy atom. The third-order valence-electron chi connectivity index (χ3n) is 6.40. The van der Waals surface area contributed by atoms with Gasteiger partial charge in [-0.05, 0) is 86.8 Å². The molecule has 1 amide bonds. The molecule has 0 bridgehead atoms. The van der Waals surface area contributed by atoms with Crippen LogP contribution in [0.25, 0.3) is 11.3 Å². The average molecular weight is 461 g/mol. The number of amides is 1. The number of aryl methyl sites for hydroxylation is 3. The lowest BCUT2D eigenvalue weighted by atomic mass is 9.99. The van der Waals surface area contributed by atoms with Crippen LogP contribution in [0.3, 0.4) is 0 Å². The topological polar surface area (TPSA) is 67.8 Å². The fourth-order valence-electron chi connectivity index (χ4n) is 4.20. The number of nitrogens with zero attached hydrogens (tertiary/aromatic N) is 4. The summed E-state index contributed by atoms with van der Waals surface area (Å²) in [6.45, 7) is 10.8. The first-order chi connectivity index (χ1) is 16.4. The van der Waals surface area contributed by atoms with E-state index in [1.165, 1.54) is 16.7 Å². The predicted molar refractivity (Wildman–Crippen MR) is 134 cm³/mol. The van der Waals surface area contributed by atoms with E-state index >= 15 is 0 Å². The van der Waals surface area contributed by atoms with Gasteiger partial charge >= 0.3 is 0 Å². The van der Waals surface area contributed by atoms with Gasteiger partial charge in [0.25, 0.3) is 5.91 Å². The van der Waals surface area contributed by atoms with Crippen molar-refractivity contribution in [2.45, 2.75) is 33.8 Å². The van der Waals surface area contributed by atoms with E-state index in [2.05, 4.69) is 48.0 Å². The Kier molecular flexibility index (Phi) is 7.01. The molecule has 0 saturated carbocycles. The molecule has 4 rings (SSSR count). The van der Waals surface area contributed by atoms with Crippen LogP contribution in [0.2, 0.25) is 0 Å². The molecular weight excluding hydrogens is 428 g/mol. The average Bonchev–Trinajstić information content (AvgIpc) is 2.86. The van der Waals surface area contributed by atoms with Crippen molar-refractivity contribution in [3.05, 3.63) is 65.2 Å². The minimum atomic E-state index is -0.555. The summed E-state index contributed by atoms with van der Waals surface area (Å²) in [4.78, 5) is 16.9. The molecule has 1 aliphatic heterocycles. The van der Waals surface area contributed by atoms with Gasteiger partial charge in [0.2, 0.25) is 0 Å². The number of rotatable bonds is 6. The van der Waals surface area contributed by atoms with E-state index in [1.54, 1.807) is 14.0 Å². The zero-order chi connectivity index (χ0) is 24.2. The monoisotopic (exact) mass is 460 g/mol. The van der Waals surface area contributed by atoms with Gasteiger partial charge in [-0.25, -0.2) is 0 Å². The van der Waals surface area contributed by atoms with Gasteiger partial charge in [-0.1, -0.05) is 6.07 Å². The summed E-state index contributed by atoms with van der Waals surface area (Å²) in [5.74, 6) is 2.22. The van der Waals surface area contributed by atoms with Crippen molar-refractivity contribution >= 4 is 11.7 Å². The maximum Gasteiger partial charge on any atom is 0.263 e. The SMILES string of the molecule is COc1ccc(OC(C)C(=O)N2CCN(c3ccc(-c4cc(C)c(C)cc4C)nn3)CC2)cc1. The molecule has 2 heterocycles. The highest BCUT2D eigenvalue weighted by Gasteiger charge is 2.26. The second-order valence-corrected chi connectivity index (χ2v) is 8.78. The van der Waals surface area contributed by atoms with Crippen molar-refractivity contribution in [2.24, 2.45) is 0 Å². The number of carbonyl (C=O) groups is 1. The highest BCUT2D eigenvalue weighted by atomic mass is 16.5. The number of piperazine rings is 1. The van der Waals surface area contributed by atoms with Crippen molar-refractivity contribution < 1.29 is 14.3 Å². The molecule has 3 aromatic rings. The molecule has 34 heavy (non-hydrogen) atoms. The third kappa shape index (κ3) is 5.14. The number of hydrogen-bond donors (Lipinski definition) is 0. The Morgan fingerprint density at radius 2 is 1.50 bits per heavy atom. The highest BCUT2D eigenvalue weighted by molar-refractivity contribution is 5.81. The maximum absolute atomic E-state index is 12.9. The quantitative estimate of drug-likeness (QED) is 0.549. The third-order valence-corrected chi connectivity index (χ3v) is 6.40. The van der Waals surface area contributed by atoms with Gasteiger partial charge in [0.1, 0.15) is 11.5 Å². The first kappa shape index (κ1) is 23.5. The molecule has 1 fully saturated rings. The number of anilines is 1. The molecule has 7 nitrogen and oxygen atoms in total. The van der Waals surface area contributed by atoms with E-state index in [-0.39, 0.29) is 5.91 Å². The molecule has 0 N–H and O–H groups in total. The van der Waals surface area contributed by atoms with E-state index < -0.39 is 6.10 Å². The van der Waals surface area contributed by atoms with E-state index in [0.717, 1.165) is 22.8 Å². The first-order valence-corrected chi connectivity index (χ1v) is 11.6. The summed E-state index contributed by atoms with van der Waals surface area (Å²) in [7, 11) is 1.62. The van der Waals surface area contributed by atoms with E-state index in [0.29, 0.717) is 31.9 Å². The lowest BCUT2D eigenvalue weighted by Crippen LogP contribution is -2.52. The van der Waals surface area contributed by atoms with Crippen LogP contribution in [0.15, 0.2) is 48.5 Å². The summed E-state index contributed by atoms with van der Waals surface area (Å²) >= 11 is 0. The minimum absolute atomic E-state index is 0.0119. The van der Waals surface area contributed by atoms with Crippen LogP contribution in [0.4, 0.5) is 5.82 Å². The van der Waals surface area contributed by atoms with Gasteiger partial charge in [-0.2, -0.15) is 0 Å². The van der Waals surface area contributed by atoms with Gasteiger partial charge in [-0.15, -0.1) is 10.2 Å². The normalized spacial score (nSPS) is 14.6. The smallest absolute Gasteiger partial charge is 0.263 e. The molecule has 0 aliphatic carbocycles. The highest BCUT2D eigenvalue weighted by Crippen LogP contribution is 2.26. The van der Waals surface area contributed by atoms with E-state index in [1.807, 2.05) is 41.3 Å². The second kappa shape index (κ2) is 10.1. The molecule has 1 aliphatic rings. The van der Waals surface area contributed by atoms with Crippen LogP contribution in [-0.2, 0) is 4.79 Å². The van der Waals surface area contributed by atoms with Gasteiger partial charge < -0.3 is 19.3 Å². The van der Waals surface area contributed by atoms with E-state index in [9.17, 15) is 4.79 Å². The van der Waals surface area contributed by atoms with Crippen molar-refractivity contribution in [3.63, 3.8) is 0 Å². The second-order valence-electron chi connectivity index (χ2n) is 8.78. The van der Waals surface area contributed by atoms with Crippen molar-refractivity contribution in [1.29, 1.82) is 0 Å². The molecule has 7 heteroatoms. The molecule has 2 aromatic carbocycles. The van der Waals surface area contributed by atoms with Crippen molar-refractivity contribution in [1.82, 2.24) is 15.1 Å². The Bertz CT molecular complexity index is 1140. The molecular formula is C27H32N4O3. The number of hydrogen-bond acceptors (Lipinski definition) is 6. The lowest BCUT2D eigenvalue weighted by molar-refractivity contribution is -0.138. The standard InChI is InChI=1S/C27H32N4O3/c1-18-16-20(3)24(17-19(18)2)25-10-11-26(29-28-25)30-12-14-31(15-13-30)27(32)21(4)34-23-8-6-22(33-5)7-9-23/h6-11,16-17,21H,12-15H2,1-5H3. The fourth-order valence-corrected chi connectivity index (χ4v) is 4.20. The Morgan fingerprint density at radius 1 is 0.853 bits per heavy atom. The van der Waals surface area contributed by atoms with Crippen molar-refractivity contribution in [3.8, 4) is 22.8 Å². The van der Waals surface area contributed by atoms with E-state index in [4.69, 9.17) is 9.47 Å². The molecule has 0 spiro atoms. The summed E-state index contributed by atoms with van der Waals surface area (Å²) in [5.41, 5.74) is 5.72. The number of carbonyl (C=O) groups excluding carboxylic acids is 1. The number of methoxy groups -OCH3 is 1. The number of benzene rings is 2. The van der Waals surface area contributed by atoms with Crippen LogP contribution in [0, 0.1) is 20.8 Å². The zero-order valence-electron chi connectivity index (χ0n) is 20.5. The molecule has 1 saturated heterocycles. The van der Waals surface area contributed by atoms with Gasteiger partial charge in [0.05, 0.1) is 12.8 Å². The number of aromatic nitrogens is 2. The Hall–Kier alpha value is -3.61. The summed E-state index contributed by atoms with van der Waals surface area (Å²) in [5, 5.41) is 8.98. The maximum atomic E-state index is 12.9. The van der Waals surface area contributed by atoms with Gasteiger partial charge in [0, 0.05) is 31.7 Å². The van der Waals surface area contributed by atoms with Crippen molar-refractivity contribution in [2.75, 3.05) is 38.2 Å². The van der Waals surface area contributed by atoms with Crippen LogP contribution >= 0.6 is 0 Å². The molecule has 1 aromatic heterocycles. The Balaban J connectivity index is 1.34. The summed E-state index contributed by atoms with van der Waals surface area (Å²) < 4.78 is 11.0. The van der Waals surface area contributed by atoms with Crippen LogP contribution in [0.5, 0.6) is 11.5 Å². The molecule has 0 radical (unpaired) electrons. The molecule has 178 valence electrons. The summed E-state index contributed by atoms with van der Waals surface area (Å²) in [6.07, 6.45) is -0.555. The molecule has 1 atom stereocenters. The summed E-state index contributed by atoms with van der Waals surface area (Å²) in [6, 6.07) is 15.7. The van der Waals surface area contributed by atoms with Gasteiger partial charge in [0.15, 0.2) is 11.9 Å².